The molecule has 0 spiro atoms. The van der Waals surface area contributed by atoms with Crippen molar-refractivity contribution in [1.29, 1.82) is 0 Å². The lowest BCUT2D eigenvalue weighted by Gasteiger charge is -2.27. The first-order valence-electron chi connectivity index (χ1n) is 12.4. The van der Waals surface area contributed by atoms with E-state index in [0.717, 1.165) is 0 Å². The molecule has 10 nitrogen and oxygen atoms in total. The number of carbonyl (C=O) groups is 3. The van der Waals surface area contributed by atoms with E-state index in [1.165, 1.54) is 26.3 Å². The third-order valence-corrected chi connectivity index (χ3v) is 5.56. The summed E-state index contributed by atoms with van der Waals surface area (Å²) >= 11 is 0. The third kappa shape index (κ3) is 8.46. The summed E-state index contributed by atoms with van der Waals surface area (Å²) in [6.07, 6.45) is 0.175. The van der Waals surface area contributed by atoms with Crippen molar-refractivity contribution < 1.29 is 38.1 Å². The number of nitrogens with one attached hydrogen (secondary N) is 1. The Morgan fingerprint density at radius 3 is 2.18 bits per heavy atom. The SMILES string of the molecule is CC[C@H](NC(=O)c1nccc(OC)c1OC(C)=O)C(=O)O[C@@H](C)[C@@H](COc1ccccc1)Oc1ccccc1. The molecule has 0 aliphatic carbocycles. The van der Waals surface area contributed by atoms with Gasteiger partial charge in [0, 0.05) is 19.2 Å². The monoisotopic (exact) mass is 536 g/mol. The van der Waals surface area contributed by atoms with Gasteiger partial charge in [0.1, 0.15) is 30.3 Å². The van der Waals surface area contributed by atoms with E-state index in [4.69, 9.17) is 23.7 Å². The number of esters is 2. The fourth-order valence-corrected chi connectivity index (χ4v) is 3.53. The molecule has 0 unspecified atom stereocenters. The van der Waals surface area contributed by atoms with E-state index in [1.54, 1.807) is 26.0 Å². The van der Waals surface area contributed by atoms with Gasteiger partial charge >= 0.3 is 11.9 Å². The fourth-order valence-electron chi connectivity index (χ4n) is 3.53. The van der Waals surface area contributed by atoms with Crippen LogP contribution in [0.4, 0.5) is 0 Å². The van der Waals surface area contributed by atoms with E-state index in [-0.39, 0.29) is 30.2 Å². The van der Waals surface area contributed by atoms with Gasteiger partial charge < -0.3 is 29.0 Å². The highest BCUT2D eigenvalue weighted by atomic mass is 16.6. The van der Waals surface area contributed by atoms with Gasteiger partial charge in [-0.15, -0.1) is 0 Å². The van der Waals surface area contributed by atoms with E-state index in [9.17, 15) is 14.4 Å². The first-order valence-corrected chi connectivity index (χ1v) is 12.4. The zero-order chi connectivity index (χ0) is 28.2. The van der Waals surface area contributed by atoms with Crippen LogP contribution in [-0.4, -0.2) is 54.8 Å². The molecule has 1 N–H and O–H groups in total. The average Bonchev–Trinajstić information content (AvgIpc) is 2.94. The molecular weight excluding hydrogens is 504 g/mol. The number of ether oxygens (including phenoxy) is 5. The number of carbonyl (C=O) groups excluding carboxylic acids is 3. The fraction of sp³-hybridized carbons (Fsp3) is 0.310. The second-order valence-electron chi connectivity index (χ2n) is 8.45. The molecule has 0 aliphatic heterocycles. The van der Waals surface area contributed by atoms with Crippen molar-refractivity contribution in [2.75, 3.05) is 13.7 Å². The van der Waals surface area contributed by atoms with Crippen LogP contribution in [0.2, 0.25) is 0 Å². The van der Waals surface area contributed by atoms with Crippen LogP contribution in [0.25, 0.3) is 0 Å². The van der Waals surface area contributed by atoms with Crippen molar-refractivity contribution in [2.45, 2.75) is 45.4 Å². The van der Waals surface area contributed by atoms with Crippen LogP contribution in [0, 0.1) is 0 Å². The van der Waals surface area contributed by atoms with Gasteiger partial charge in [-0.1, -0.05) is 43.3 Å². The molecule has 0 saturated carbocycles. The van der Waals surface area contributed by atoms with Crippen LogP contribution < -0.4 is 24.3 Å². The minimum Gasteiger partial charge on any atom is -0.493 e. The predicted molar refractivity (Wildman–Crippen MR) is 142 cm³/mol. The molecule has 10 heteroatoms. The summed E-state index contributed by atoms with van der Waals surface area (Å²) in [5.74, 6) is -0.819. The van der Waals surface area contributed by atoms with Gasteiger partial charge in [0.25, 0.3) is 5.91 Å². The summed E-state index contributed by atoms with van der Waals surface area (Å²) < 4.78 is 28.0. The van der Waals surface area contributed by atoms with Crippen molar-refractivity contribution in [3.05, 3.63) is 78.6 Å². The van der Waals surface area contributed by atoms with E-state index in [0.29, 0.717) is 11.5 Å². The second kappa shape index (κ2) is 14.4. The standard InChI is InChI=1S/C29H32N2O8/c1-5-23(31-28(33)26-27(38-20(3)32)24(35-4)16-17-30-26)29(34)37-19(2)25(39-22-14-10-7-11-15-22)18-36-21-12-8-6-9-13-21/h6-17,19,23,25H,5,18H2,1-4H3,(H,31,33)/t19-,23-,25+/m0/s1. The van der Waals surface area contributed by atoms with Gasteiger partial charge in [0.15, 0.2) is 17.5 Å². The Labute approximate surface area is 227 Å². The van der Waals surface area contributed by atoms with Crippen molar-refractivity contribution in [3.63, 3.8) is 0 Å². The van der Waals surface area contributed by atoms with Crippen LogP contribution >= 0.6 is 0 Å². The number of benzene rings is 2. The van der Waals surface area contributed by atoms with Crippen LogP contribution in [0.3, 0.4) is 0 Å². The normalized spacial score (nSPS) is 12.8. The zero-order valence-electron chi connectivity index (χ0n) is 22.3. The maximum absolute atomic E-state index is 13.1. The zero-order valence-corrected chi connectivity index (χ0v) is 22.3. The first kappa shape index (κ1) is 29.0. The van der Waals surface area contributed by atoms with E-state index in [2.05, 4.69) is 10.3 Å². The molecule has 0 fully saturated rings. The number of rotatable bonds is 13. The average molecular weight is 537 g/mol. The molecule has 0 saturated heterocycles. The van der Waals surface area contributed by atoms with Gasteiger partial charge in [-0.25, -0.2) is 9.78 Å². The number of amides is 1. The summed E-state index contributed by atoms with van der Waals surface area (Å²) in [5, 5.41) is 2.60. The van der Waals surface area contributed by atoms with E-state index in [1.807, 2.05) is 48.5 Å². The van der Waals surface area contributed by atoms with Crippen LogP contribution in [-0.2, 0) is 14.3 Å². The van der Waals surface area contributed by atoms with Crippen molar-refractivity contribution >= 4 is 17.8 Å². The highest BCUT2D eigenvalue weighted by Gasteiger charge is 2.30. The summed E-state index contributed by atoms with van der Waals surface area (Å²) in [4.78, 5) is 41.7. The first-order chi connectivity index (χ1) is 18.8. The lowest BCUT2D eigenvalue weighted by Crippen LogP contribution is -2.46. The molecule has 1 heterocycles. The number of nitrogens with zero attached hydrogens (tertiary/aromatic N) is 1. The van der Waals surface area contributed by atoms with Crippen molar-refractivity contribution in [1.82, 2.24) is 10.3 Å². The molecule has 0 aliphatic rings. The Hall–Kier alpha value is -4.60. The predicted octanol–water partition coefficient (Wildman–Crippen LogP) is 3.98. The van der Waals surface area contributed by atoms with Gasteiger partial charge in [0.05, 0.1) is 7.11 Å². The molecule has 2 aromatic carbocycles. The van der Waals surface area contributed by atoms with Gasteiger partial charge in [0.2, 0.25) is 5.75 Å². The molecule has 206 valence electrons. The molecular formula is C29H32N2O8. The lowest BCUT2D eigenvalue weighted by atomic mass is 10.2. The Morgan fingerprint density at radius 1 is 0.949 bits per heavy atom. The van der Waals surface area contributed by atoms with Crippen LogP contribution in [0.15, 0.2) is 72.9 Å². The molecule has 3 aromatic rings. The number of methoxy groups -OCH3 is 1. The third-order valence-electron chi connectivity index (χ3n) is 5.56. The van der Waals surface area contributed by atoms with Gasteiger partial charge in [-0.2, -0.15) is 0 Å². The number of aromatic nitrogens is 1. The summed E-state index contributed by atoms with van der Waals surface area (Å²) in [6.45, 7) is 4.71. The quantitative estimate of drug-likeness (QED) is 0.323. The van der Waals surface area contributed by atoms with Crippen LogP contribution in [0.5, 0.6) is 23.0 Å². The molecule has 3 atom stereocenters. The Kier molecular flexibility index (Phi) is 10.7. The second-order valence-corrected chi connectivity index (χ2v) is 8.45. The molecule has 1 amide bonds. The van der Waals surface area contributed by atoms with Crippen LogP contribution in [0.1, 0.15) is 37.7 Å². The smallest absolute Gasteiger partial charge is 0.329 e. The summed E-state index contributed by atoms with van der Waals surface area (Å²) in [6, 6.07) is 18.8. The minimum absolute atomic E-state index is 0.107. The van der Waals surface area contributed by atoms with E-state index >= 15 is 0 Å². The maximum Gasteiger partial charge on any atom is 0.329 e. The summed E-state index contributed by atoms with van der Waals surface area (Å²) in [7, 11) is 1.37. The van der Waals surface area contributed by atoms with Gasteiger partial charge in [-0.05, 0) is 37.6 Å². The molecule has 3 rings (SSSR count). The molecule has 39 heavy (non-hydrogen) atoms. The van der Waals surface area contributed by atoms with Crippen molar-refractivity contribution in [3.8, 4) is 23.0 Å². The number of hydrogen-bond acceptors (Lipinski definition) is 9. The largest absolute Gasteiger partial charge is 0.493 e. The molecule has 1 aromatic heterocycles. The number of para-hydroxylation sites is 2. The Morgan fingerprint density at radius 2 is 1.59 bits per heavy atom. The number of hydrogen-bond donors (Lipinski definition) is 1. The topological polar surface area (TPSA) is 122 Å². The minimum atomic E-state index is -1.01. The van der Waals surface area contributed by atoms with E-state index < -0.39 is 36.1 Å². The molecule has 0 bridgehead atoms. The van der Waals surface area contributed by atoms with Crippen molar-refractivity contribution in [2.24, 2.45) is 0 Å². The maximum atomic E-state index is 13.1. The Balaban J connectivity index is 1.71. The summed E-state index contributed by atoms with van der Waals surface area (Å²) in [5.41, 5.74) is -0.203. The lowest BCUT2D eigenvalue weighted by molar-refractivity contribution is -0.156. The highest BCUT2D eigenvalue weighted by Crippen LogP contribution is 2.29. The highest BCUT2D eigenvalue weighted by molar-refractivity contribution is 5.98. The molecule has 0 radical (unpaired) electrons. The van der Waals surface area contributed by atoms with Gasteiger partial charge in [-0.3, -0.25) is 9.59 Å². The number of pyridine rings is 1. The Bertz CT molecular complexity index is 1240.